The largest absolute Gasteiger partial charge is 0.197 e. The molecule has 0 heterocycles. The van der Waals surface area contributed by atoms with Crippen molar-refractivity contribution in [2.24, 2.45) is 22.7 Å². The van der Waals surface area contributed by atoms with Crippen molar-refractivity contribution in [1.29, 1.82) is 10.5 Å². The summed E-state index contributed by atoms with van der Waals surface area (Å²) in [5, 5.41) is 19.2. The van der Waals surface area contributed by atoms with Gasteiger partial charge in [0.2, 0.25) is 0 Å². The zero-order valence-electron chi connectivity index (χ0n) is 11.0. The number of nitrogens with zero attached hydrogens (tertiary/aromatic N) is 2. The molecule has 0 N–H and O–H groups in total. The van der Waals surface area contributed by atoms with Crippen LogP contribution in [0.25, 0.3) is 0 Å². The molecular weight excluding hydrogens is 208 g/mol. The van der Waals surface area contributed by atoms with Gasteiger partial charge in [-0.15, -0.1) is 0 Å². The van der Waals surface area contributed by atoms with E-state index in [-0.39, 0.29) is 11.3 Å². The third kappa shape index (κ3) is 1.58. The van der Waals surface area contributed by atoms with Crippen LogP contribution in [0.1, 0.15) is 58.8 Å². The Kier molecular flexibility index (Phi) is 3.17. The fourth-order valence-corrected chi connectivity index (χ4v) is 4.26. The summed E-state index contributed by atoms with van der Waals surface area (Å²) in [6, 6.07) is 4.81. The highest BCUT2D eigenvalue weighted by atomic mass is 14.6. The fraction of sp³-hybridized carbons (Fsp3) is 0.867. The highest BCUT2D eigenvalue weighted by Crippen LogP contribution is 2.61. The lowest BCUT2D eigenvalue weighted by Crippen LogP contribution is -2.42. The number of nitriles is 2. The molecule has 0 aromatic carbocycles. The Morgan fingerprint density at radius 2 is 1.59 bits per heavy atom. The van der Waals surface area contributed by atoms with Gasteiger partial charge in [0.05, 0.1) is 12.1 Å². The summed E-state index contributed by atoms with van der Waals surface area (Å²) in [5.41, 5.74) is -0.814. The van der Waals surface area contributed by atoms with Crippen molar-refractivity contribution in [1.82, 2.24) is 0 Å². The van der Waals surface area contributed by atoms with E-state index in [0.717, 1.165) is 12.8 Å². The van der Waals surface area contributed by atoms with Crippen LogP contribution in [-0.4, -0.2) is 0 Å². The standard InChI is InChI=1S/C15H22N2/c1-12-8-9-14(2,15(12,10-16)11-17)13-6-4-3-5-7-13/h12-13H,3-9H2,1-2H3/t12-,14-/m0/s1. The second-order valence-corrected chi connectivity index (χ2v) is 6.22. The van der Waals surface area contributed by atoms with Gasteiger partial charge in [-0.3, -0.25) is 0 Å². The maximum atomic E-state index is 9.58. The van der Waals surface area contributed by atoms with Crippen LogP contribution in [0.2, 0.25) is 0 Å². The zero-order valence-corrected chi connectivity index (χ0v) is 11.0. The summed E-state index contributed by atoms with van der Waals surface area (Å²) in [7, 11) is 0. The van der Waals surface area contributed by atoms with Crippen LogP contribution in [0.15, 0.2) is 0 Å². The van der Waals surface area contributed by atoms with Gasteiger partial charge in [-0.25, -0.2) is 0 Å². The van der Waals surface area contributed by atoms with E-state index in [1.54, 1.807) is 0 Å². The second-order valence-electron chi connectivity index (χ2n) is 6.22. The third-order valence-electron chi connectivity index (χ3n) is 5.60. The molecule has 17 heavy (non-hydrogen) atoms. The molecule has 2 saturated carbocycles. The SMILES string of the molecule is C[C@H]1CC[C@@](C)(C2CCCCC2)C1(C#N)C#N. The average Bonchev–Trinajstić information content (AvgIpc) is 2.64. The molecule has 2 aliphatic rings. The van der Waals surface area contributed by atoms with E-state index in [2.05, 4.69) is 26.0 Å². The maximum absolute atomic E-state index is 9.58. The summed E-state index contributed by atoms with van der Waals surface area (Å²) in [6.07, 6.45) is 8.41. The maximum Gasteiger partial charge on any atom is 0.151 e. The van der Waals surface area contributed by atoms with Crippen molar-refractivity contribution in [3.05, 3.63) is 0 Å². The van der Waals surface area contributed by atoms with E-state index in [0.29, 0.717) is 5.92 Å². The molecule has 2 aliphatic carbocycles. The Hall–Kier alpha value is -1.02. The molecule has 0 amide bonds. The molecule has 0 radical (unpaired) electrons. The number of hydrogen-bond donors (Lipinski definition) is 0. The summed E-state index contributed by atoms with van der Waals surface area (Å²) in [5.74, 6) is 0.810. The topological polar surface area (TPSA) is 47.6 Å². The first-order valence-corrected chi connectivity index (χ1v) is 6.93. The molecule has 0 bridgehead atoms. The molecule has 2 atom stereocenters. The summed E-state index contributed by atoms with van der Waals surface area (Å²) in [6.45, 7) is 4.29. The Labute approximate surface area is 105 Å². The van der Waals surface area contributed by atoms with Crippen molar-refractivity contribution >= 4 is 0 Å². The van der Waals surface area contributed by atoms with Crippen LogP contribution in [-0.2, 0) is 0 Å². The predicted molar refractivity (Wildman–Crippen MR) is 66.7 cm³/mol. The quantitative estimate of drug-likeness (QED) is 0.682. The van der Waals surface area contributed by atoms with Gasteiger partial charge in [-0.2, -0.15) is 10.5 Å². The van der Waals surface area contributed by atoms with Gasteiger partial charge in [0.25, 0.3) is 0 Å². The molecular formula is C15H22N2. The van der Waals surface area contributed by atoms with Crippen molar-refractivity contribution in [3.8, 4) is 12.1 Å². The first kappa shape index (κ1) is 12.4. The molecule has 0 unspecified atom stereocenters. The average molecular weight is 230 g/mol. The first-order valence-electron chi connectivity index (χ1n) is 6.93. The van der Waals surface area contributed by atoms with E-state index >= 15 is 0 Å². The van der Waals surface area contributed by atoms with E-state index in [1.807, 2.05) is 0 Å². The summed E-state index contributed by atoms with van der Waals surface area (Å²) < 4.78 is 0. The van der Waals surface area contributed by atoms with Gasteiger partial charge in [0, 0.05) is 5.41 Å². The van der Waals surface area contributed by atoms with Crippen molar-refractivity contribution in [2.75, 3.05) is 0 Å². The monoisotopic (exact) mass is 230 g/mol. The molecule has 0 aromatic rings. The van der Waals surface area contributed by atoms with Crippen LogP contribution in [0.4, 0.5) is 0 Å². The highest BCUT2D eigenvalue weighted by molar-refractivity contribution is 5.26. The Morgan fingerprint density at radius 3 is 2.12 bits per heavy atom. The van der Waals surface area contributed by atoms with Gasteiger partial charge < -0.3 is 0 Å². The normalized spacial score (nSPS) is 37.3. The third-order valence-corrected chi connectivity index (χ3v) is 5.60. The van der Waals surface area contributed by atoms with Crippen LogP contribution in [0, 0.1) is 45.3 Å². The van der Waals surface area contributed by atoms with Crippen LogP contribution >= 0.6 is 0 Å². The van der Waals surface area contributed by atoms with Crippen molar-refractivity contribution in [2.45, 2.75) is 58.8 Å². The molecule has 2 fully saturated rings. The van der Waals surface area contributed by atoms with E-state index in [1.165, 1.54) is 32.1 Å². The first-order chi connectivity index (χ1) is 8.10. The van der Waals surface area contributed by atoms with Gasteiger partial charge in [-0.05, 0) is 37.5 Å². The van der Waals surface area contributed by atoms with Gasteiger partial charge >= 0.3 is 0 Å². The second kappa shape index (κ2) is 4.34. The highest BCUT2D eigenvalue weighted by Gasteiger charge is 2.60. The van der Waals surface area contributed by atoms with E-state index in [4.69, 9.17) is 0 Å². The minimum absolute atomic E-state index is 0.0731. The van der Waals surface area contributed by atoms with Gasteiger partial charge in [0.15, 0.2) is 5.41 Å². The molecule has 0 aromatic heterocycles. The van der Waals surface area contributed by atoms with Crippen molar-refractivity contribution in [3.63, 3.8) is 0 Å². The molecule has 2 heteroatoms. The molecule has 0 spiro atoms. The van der Waals surface area contributed by atoms with Crippen LogP contribution in [0.5, 0.6) is 0 Å². The summed E-state index contributed by atoms with van der Waals surface area (Å²) >= 11 is 0. The molecule has 0 aliphatic heterocycles. The Bertz CT molecular complexity index is 353. The van der Waals surface area contributed by atoms with E-state index < -0.39 is 5.41 Å². The minimum Gasteiger partial charge on any atom is -0.197 e. The predicted octanol–water partition coefficient (Wildman–Crippen LogP) is 4.04. The Morgan fingerprint density at radius 1 is 1.00 bits per heavy atom. The lowest BCUT2D eigenvalue weighted by atomic mass is 9.56. The van der Waals surface area contributed by atoms with Crippen LogP contribution < -0.4 is 0 Å². The number of rotatable bonds is 1. The molecule has 92 valence electrons. The molecule has 2 nitrogen and oxygen atoms in total. The number of hydrogen-bond acceptors (Lipinski definition) is 2. The Balaban J connectivity index is 2.35. The minimum atomic E-state index is -0.741. The smallest absolute Gasteiger partial charge is 0.151 e. The lowest BCUT2D eigenvalue weighted by molar-refractivity contribution is 0.0644. The van der Waals surface area contributed by atoms with Gasteiger partial charge in [0.1, 0.15) is 0 Å². The van der Waals surface area contributed by atoms with Gasteiger partial charge in [-0.1, -0.05) is 33.1 Å². The van der Waals surface area contributed by atoms with Crippen LogP contribution in [0.3, 0.4) is 0 Å². The van der Waals surface area contributed by atoms with Crippen molar-refractivity contribution < 1.29 is 0 Å². The summed E-state index contributed by atoms with van der Waals surface area (Å²) in [4.78, 5) is 0. The fourth-order valence-electron chi connectivity index (χ4n) is 4.26. The molecule has 2 rings (SSSR count). The lowest BCUT2D eigenvalue weighted by Gasteiger charge is -2.44. The zero-order chi connectivity index (χ0) is 12.5. The molecule has 0 saturated heterocycles. The van der Waals surface area contributed by atoms with E-state index in [9.17, 15) is 10.5 Å².